The highest BCUT2D eigenvalue weighted by atomic mass is 35.5. The molecule has 0 bridgehead atoms. The van der Waals surface area contributed by atoms with E-state index >= 15 is 0 Å². The zero-order valence-electron chi connectivity index (χ0n) is 11.9. The van der Waals surface area contributed by atoms with Crippen LogP contribution in [0.4, 0.5) is 0 Å². The predicted octanol–water partition coefficient (Wildman–Crippen LogP) is 4.58. The summed E-state index contributed by atoms with van der Waals surface area (Å²) < 4.78 is 5.03. The third-order valence-electron chi connectivity index (χ3n) is 3.27. The van der Waals surface area contributed by atoms with Gasteiger partial charge >= 0.3 is 0 Å². The predicted molar refractivity (Wildman–Crippen MR) is 89.6 cm³/mol. The van der Waals surface area contributed by atoms with Gasteiger partial charge in [0.25, 0.3) is 5.91 Å². The number of carbonyl (C=O) groups is 1. The molecule has 116 valence electrons. The fraction of sp³-hybridized carbons (Fsp3) is 0.0588. The second-order valence-corrected chi connectivity index (χ2v) is 5.71. The lowest BCUT2D eigenvalue weighted by Crippen LogP contribution is -2.23. The Kier molecular flexibility index (Phi) is 4.65. The molecule has 0 atom stereocenters. The molecule has 1 N–H and O–H groups in total. The summed E-state index contributed by atoms with van der Waals surface area (Å²) in [7, 11) is 0. The Labute approximate surface area is 143 Å². The number of rotatable bonds is 4. The van der Waals surface area contributed by atoms with Crippen molar-refractivity contribution in [2.24, 2.45) is 0 Å². The summed E-state index contributed by atoms with van der Waals surface area (Å²) in [6.07, 6.45) is 4.94. The number of furan rings is 1. The molecule has 0 aliphatic heterocycles. The largest absolute Gasteiger partial charge is 0.472 e. The van der Waals surface area contributed by atoms with Gasteiger partial charge in [0.15, 0.2) is 0 Å². The SMILES string of the molecule is O=C(NCc1ccc(-c2ccoc2)nc1)c1ccc(Cl)cc1Cl. The van der Waals surface area contributed by atoms with Crippen molar-refractivity contribution in [1.82, 2.24) is 10.3 Å². The van der Waals surface area contributed by atoms with Crippen molar-refractivity contribution in [3.63, 3.8) is 0 Å². The second kappa shape index (κ2) is 6.86. The molecule has 0 spiro atoms. The van der Waals surface area contributed by atoms with Gasteiger partial charge in [-0.25, -0.2) is 0 Å². The second-order valence-electron chi connectivity index (χ2n) is 4.87. The molecule has 0 saturated heterocycles. The van der Waals surface area contributed by atoms with Crippen LogP contribution in [-0.4, -0.2) is 10.9 Å². The highest BCUT2D eigenvalue weighted by Crippen LogP contribution is 2.21. The van der Waals surface area contributed by atoms with Gasteiger partial charge in [0.1, 0.15) is 0 Å². The minimum absolute atomic E-state index is 0.259. The normalized spacial score (nSPS) is 10.5. The van der Waals surface area contributed by atoms with Crippen molar-refractivity contribution in [2.45, 2.75) is 6.54 Å². The van der Waals surface area contributed by atoms with Gasteiger partial charge < -0.3 is 9.73 Å². The average molecular weight is 347 g/mol. The zero-order chi connectivity index (χ0) is 16.2. The fourth-order valence-corrected chi connectivity index (χ4v) is 2.56. The van der Waals surface area contributed by atoms with E-state index in [1.165, 1.54) is 0 Å². The first kappa shape index (κ1) is 15.6. The third kappa shape index (κ3) is 3.73. The molecule has 2 heterocycles. The summed E-state index contributed by atoms with van der Waals surface area (Å²) in [5, 5.41) is 3.62. The number of halogens is 2. The van der Waals surface area contributed by atoms with Crippen molar-refractivity contribution in [3.8, 4) is 11.3 Å². The van der Waals surface area contributed by atoms with Gasteiger partial charge in [0.2, 0.25) is 0 Å². The number of nitrogens with zero attached hydrogens (tertiary/aromatic N) is 1. The first-order valence-corrected chi connectivity index (χ1v) is 7.60. The summed E-state index contributed by atoms with van der Waals surface area (Å²) in [6.45, 7) is 0.358. The number of carbonyl (C=O) groups excluding carboxylic acids is 1. The van der Waals surface area contributed by atoms with Crippen LogP contribution in [0.2, 0.25) is 10.0 Å². The lowest BCUT2D eigenvalue weighted by molar-refractivity contribution is 0.0951. The topological polar surface area (TPSA) is 55.1 Å². The number of amides is 1. The van der Waals surface area contributed by atoms with E-state index < -0.39 is 0 Å². The van der Waals surface area contributed by atoms with Gasteiger partial charge in [-0.2, -0.15) is 0 Å². The summed E-state index contributed by atoms with van der Waals surface area (Å²) >= 11 is 11.8. The van der Waals surface area contributed by atoms with E-state index in [1.807, 2.05) is 18.2 Å². The number of benzene rings is 1. The lowest BCUT2D eigenvalue weighted by Gasteiger charge is -2.07. The summed E-state index contributed by atoms with van der Waals surface area (Å²) in [4.78, 5) is 16.5. The van der Waals surface area contributed by atoms with Crippen molar-refractivity contribution in [2.75, 3.05) is 0 Å². The molecule has 1 aromatic carbocycles. The molecule has 0 aliphatic carbocycles. The summed E-state index contributed by atoms with van der Waals surface area (Å²) in [6, 6.07) is 10.4. The molecule has 0 unspecified atom stereocenters. The highest BCUT2D eigenvalue weighted by molar-refractivity contribution is 6.36. The van der Waals surface area contributed by atoms with Crippen LogP contribution in [0.5, 0.6) is 0 Å². The van der Waals surface area contributed by atoms with E-state index in [1.54, 1.807) is 36.9 Å². The standard InChI is InChI=1S/C17H12Cl2N2O2/c18-13-2-3-14(15(19)7-13)17(22)21-9-11-1-4-16(20-8-11)12-5-6-23-10-12/h1-8,10H,9H2,(H,21,22). The molecule has 2 aromatic heterocycles. The van der Waals surface area contributed by atoms with E-state index in [2.05, 4.69) is 10.3 Å². The fourth-order valence-electron chi connectivity index (χ4n) is 2.06. The van der Waals surface area contributed by atoms with Gasteiger partial charge in [-0.15, -0.1) is 0 Å². The van der Waals surface area contributed by atoms with Crippen LogP contribution in [-0.2, 0) is 6.54 Å². The lowest BCUT2D eigenvalue weighted by atomic mass is 10.2. The molecule has 0 radical (unpaired) electrons. The van der Waals surface area contributed by atoms with Crippen LogP contribution < -0.4 is 5.32 Å². The molecule has 3 rings (SSSR count). The number of nitrogens with one attached hydrogen (secondary N) is 1. The highest BCUT2D eigenvalue weighted by Gasteiger charge is 2.10. The number of pyridine rings is 1. The van der Waals surface area contributed by atoms with Crippen LogP contribution in [0, 0.1) is 0 Å². The van der Waals surface area contributed by atoms with E-state index in [-0.39, 0.29) is 5.91 Å². The average Bonchev–Trinajstić information content (AvgIpc) is 3.07. The zero-order valence-corrected chi connectivity index (χ0v) is 13.4. The van der Waals surface area contributed by atoms with Crippen molar-refractivity contribution in [3.05, 3.63) is 76.3 Å². The minimum atomic E-state index is -0.259. The Morgan fingerprint density at radius 2 is 2.04 bits per heavy atom. The summed E-state index contributed by atoms with van der Waals surface area (Å²) in [5.74, 6) is -0.259. The van der Waals surface area contributed by atoms with Crippen LogP contribution in [0.3, 0.4) is 0 Å². The van der Waals surface area contributed by atoms with E-state index in [0.29, 0.717) is 22.2 Å². The van der Waals surface area contributed by atoms with E-state index in [9.17, 15) is 4.79 Å². The molecule has 0 fully saturated rings. The van der Waals surface area contributed by atoms with Crippen molar-refractivity contribution < 1.29 is 9.21 Å². The molecule has 0 aliphatic rings. The van der Waals surface area contributed by atoms with Gasteiger partial charge in [0, 0.05) is 23.3 Å². The first-order valence-electron chi connectivity index (χ1n) is 6.84. The maximum absolute atomic E-state index is 12.1. The molecule has 4 nitrogen and oxygen atoms in total. The Hall–Kier alpha value is -2.30. The van der Waals surface area contributed by atoms with Gasteiger partial charge in [-0.3, -0.25) is 9.78 Å². The monoisotopic (exact) mass is 346 g/mol. The number of hydrogen-bond donors (Lipinski definition) is 1. The van der Waals surface area contributed by atoms with E-state index in [0.717, 1.165) is 16.8 Å². The van der Waals surface area contributed by atoms with Gasteiger partial charge in [0.05, 0.1) is 28.8 Å². The van der Waals surface area contributed by atoms with Crippen LogP contribution in [0.1, 0.15) is 15.9 Å². The third-order valence-corrected chi connectivity index (χ3v) is 3.82. The molecule has 23 heavy (non-hydrogen) atoms. The Morgan fingerprint density at radius 3 is 2.70 bits per heavy atom. The molecule has 3 aromatic rings. The molecule has 0 saturated carbocycles. The van der Waals surface area contributed by atoms with Gasteiger partial charge in [-0.1, -0.05) is 29.3 Å². The Balaban J connectivity index is 1.65. The smallest absolute Gasteiger partial charge is 0.253 e. The maximum Gasteiger partial charge on any atom is 0.253 e. The molecular weight excluding hydrogens is 335 g/mol. The van der Waals surface area contributed by atoms with Crippen molar-refractivity contribution in [1.29, 1.82) is 0 Å². The first-order chi connectivity index (χ1) is 11.1. The molecule has 1 amide bonds. The molecular formula is C17H12Cl2N2O2. The van der Waals surface area contributed by atoms with Gasteiger partial charge in [-0.05, 0) is 35.9 Å². The molecule has 6 heteroatoms. The Bertz CT molecular complexity index is 815. The van der Waals surface area contributed by atoms with E-state index in [4.69, 9.17) is 27.6 Å². The van der Waals surface area contributed by atoms with Crippen LogP contribution >= 0.6 is 23.2 Å². The van der Waals surface area contributed by atoms with Crippen LogP contribution in [0.15, 0.2) is 59.5 Å². The quantitative estimate of drug-likeness (QED) is 0.752. The van der Waals surface area contributed by atoms with Crippen LogP contribution in [0.25, 0.3) is 11.3 Å². The number of hydrogen-bond acceptors (Lipinski definition) is 3. The Morgan fingerprint density at radius 1 is 1.17 bits per heavy atom. The number of aromatic nitrogens is 1. The summed E-state index contributed by atoms with van der Waals surface area (Å²) in [5.41, 5.74) is 3.00. The maximum atomic E-state index is 12.1. The minimum Gasteiger partial charge on any atom is -0.472 e. The van der Waals surface area contributed by atoms with Crippen molar-refractivity contribution >= 4 is 29.1 Å².